The number of likely N-dealkylation sites (N-methyl/N-ethyl adjacent to an activating group) is 2. The smallest absolute Gasteiger partial charge is 0.467 e. The standard InChI is InChI=1S/C47H79N7O17S/c1-16-31-47(10)37(70-44(59)71-47)27(6)54(13)20-23(2)18-45(8,60)36(68-41-34(56)30(53(11)12)17-24(3)64-41)25(4)35(26(5)40(57)66-31)67-33-19-46(9,62-15)38(28(7)65-33)69-43(58)51-50-39(29-22-72-42(48)49-29)52-63-21-32(55)61-14/h22-28,30-31,33-38,41,56,60H,16-21H2,1-15H3,(H2,48,49)(H,50,52)(H,51,58)/t23-,24-,25+,26-,27-,28+,30+,31-,33+,34-,35+,36-,37+,38+,41+,45-,46-,47-/m1/s1. The number of esters is 2. The number of carbonyl (C=O) groups excluding carboxylic acids is 4. The maximum atomic E-state index is 14.8. The first-order chi connectivity index (χ1) is 33.7. The van der Waals surface area contributed by atoms with Crippen molar-refractivity contribution in [3.05, 3.63) is 11.1 Å². The molecule has 0 aromatic carbocycles. The molecule has 410 valence electrons. The second-order valence-corrected chi connectivity index (χ2v) is 21.4. The molecule has 0 unspecified atom stereocenters. The molecule has 5 heterocycles. The highest BCUT2D eigenvalue weighted by Gasteiger charge is 2.58. The van der Waals surface area contributed by atoms with Crippen LogP contribution in [0.15, 0.2) is 10.5 Å². The molecule has 6 N–H and O–H groups in total. The van der Waals surface area contributed by atoms with Crippen LogP contribution in [0.25, 0.3) is 0 Å². The van der Waals surface area contributed by atoms with Gasteiger partial charge in [0.1, 0.15) is 23.5 Å². The van der Waals surface area contributed by atoms with Crippen LogP contribution in [0.2, 0.25) is 0 Å². The van der Waals surface area contributed by atoms with E-state index in [0.29, 0.717) is 13.0 Å². The van der Waals surface area contributed by atoms with Crippen LogP contribution in [0.3, 0.4) is 0 Å². The van der Waals surface area contributed by atoms with E-state index in [0.717, 1.165) is 11.3 Å². The number of anilines is 1. The summed E-state index contributed by atoms with van der Waals surface area (Å²) in [5.74, 6) is -3.66. The number of hydroxylamine groups is 1. The molecule has 4 saturated heterocycles. The number of aromatic nitrogens is 1. The largest absolute Gasteiger partial charge is 0.509 e. The van der Waals surface area contributed by atoms with Gasteiger partial charge >= 0.3 is 24.2 Å². The van der Waals surface area contributed by atoms with E-state index in [2.05, 4.69) is 25.7 Å². The molecule has 4 fully saturated rings. The lowest BCUT2D eigenvalue weighted by molar-refractivity contribution is -0.317. The van der Waals surface area contributed by atoms with Gasteiger partial charge in [-0.2, -0.15) is 0 Å². The Kier molecular flexibility index (Phi) is 20.1. The average Bonchev–Trinajstić information content (AvgIpc) is 3.89. The third-order valence-corrected chi connectivity index (χ3v) is 15.1. The normalized spacial score (nSPS) is 39.6. The number of nitrogen functional groups attached to an aromatic ring is 1. The number of hydrogen-bond acceptors (Lipinski definition) is 23. The van der Waals surface area contributed by atoms with Gasteiger partial charge in [-0.15, -0.1) is 16.4 Å². The molecular weight excluding hydrogens is 967 g/mol. The van der Waals surface area contributed by atoms with Crippen molar-refractivity contribution in [1.29, 1.82) is 0 Å². The first-order valence-electron chi connectivity index (χ1n) is 24.4. The van der Waals surface area contributed by atoms with Crippen LogP contribution in [-0.2, 0) is 61.8 Å². The molecule has 18 atom stereocenters. The number of thiazole rings is 1. The highest BCUT2D eigenvalue weighted by atomic mass is 32.1. The van der Waals surface area contributed by atoms with Crippen molar-refractivity contribution in [2.24, 2.45) is 22.9 Å². The number of hydrazone groups is 1. The first kappa shape index (κ1) is 58.9. The third kappa shape index (κ3) is 13.8. The van der Waals surface area contributed by atoms with Crippen molar-refractivity contribution in [3.63, 3.8) is 0 Å². The van der Waals surface area contributed by atoms with Crippen molar-refractivity contribution in [3.8, 4) is 0 Å². The fraction of sp³-hybridized carbons (Fsp3) is 0.830. The van der Waals surface area contributed by atoms with Gasteiger partial charge in [0.15, 0.2) is 48.0 Å². The van der Waals surface area contributed by atoms with E-state index in [1.807, 2.05) is 58.6 Å². The number of ether oxygens (including phenoxy) is 10. The van der Waals surface area contributed by atoms with Crippen LogP contribution in [-0.4, -0.2) is 194 Å². The lowest BCUT2D eigenvalue weighted by atomic mass is 9.77. The van der Waals surface area contributed by atoms with Crippen LogP contribution in [0, 0.1) is 17.8 Å². The lowest BCUT2D eigenvalue weighted by Crippen LogP contribution is -2.61. The van der Waals surface area contributed by atoms with Crippen molar-refractivity contribution in [1.82, 2.24) is 25.7 Å². The Morgan fingerprint density at radius 1 is 1.04 bits per heavy atom. The summed E-state index contributed by atoms with van der Waals surface area (Å²) in [7, 11) is 8.26. The van der Waals surface area contributed by atoms with Crippen LogP contribution >= 0.6 is 11.3 Å². The summed E-state index contributed by atoms with van der Waals surface area (Å²) >= 11 is 1.10. The van der Waals surface area contributed by atoms with Gasteiger partial charge in [0, 0.05) is 43.5 Å². The Balaban J connectivity index is 1.49. The third-order valence-electron chi connectivity index (χ3n) is 14.5. The van der Waals surface area contributed by atoms with Gasteiger partial charge in [0.05, 0.1) is 43.0 Å². The van der Waals surface area contributed by atoms with Crippen molar-refractivity contribution in [2.45, 2.75) is 185 Å². The Morgan fingerprint density at radius 3 is 2.35 bits per heavy atom. The number of nitrogens with two attached hydrogens (primary N) is 1. The van der Waals surface area contributed by atoms with E-state index in [1.54, 1.807) is 46.9 Å². The average molecular weight is 1050 g/mol. The summed E-state index contributed by atoms with van der Waals surface area (Å²) < 4.78 is 61.1. The highest BCUT2D eigenvalue weighted by Crippen LogP contribution is 2.42. The molecule has 72 heavy (non-hydrogen) atoms. The molecule has 0 saturated carbocycles. The zero-order chi connectivity index (χ0) is 53.6. The van der Waals surface area contributed by atoms with Gasteiger partial charge in [-0.05, 0) is 94.8 Å². The van der Waals surface area contributed by atoms with E-state index in [4.69, 9.17) is 53.2 Å². The topological polar surface area (TPSA) is 292 Å². The summed E-state index contributed by atoms with van der Waals surface area (Å²) in [6, 6.07) is -0.749. The fourth-order valence-electron chi connectivity index (χ4n) is 10.5. The van der Waals surface area contributed by atoms with E-state index in [9.17, 15) is 29.4 Å². The zero-order valence-corrected chi connectivity index (χ0v) is 45.1. The Bertz CT molecular complexity index is 2030. The van der Waals surface area contributed by atoms with Crippen molar-refractivity contribution < 1.29 is 81.6 Å². The van der Waals surface area contributed by atoms with E-state index < -0.39 is 121 Å². The molecule has 1 aromatic heterocycles. The van der Waals surface area contributed by atoms with Crippen LogP contribution in [0.5, 0.6) is 0 Å². The summed E-state index contributed by atoms with van der Waals surface area (Å²) in [6.07, 6.45) is -10.8. The monoisotopic (exact) mass is 1050 g/mol. The van der Waals surface area contributed by atoms with E-state index in [1.165, 1.54) is 14.2 Å². The quantitative estimate of drug-likeness (QED) is 0.0624. The number of rotatable bonds is 13. The minimum Gasteiger partial charge on any atom is -0.467 e. The van der Waals surface area contributed by atoms with Gasteiger partial charge < -0.3 is 68.2 Å². The predicted molar refractivity (Wildman–Crippen MR) is 259 cm³/mol. The number of cyclic esters (lactones) is 1. The zero-order valence-electron chi connectivity index (χ0n) is 44.3. The Morgan fingerprint density at radius 2 is 1.74 bits per heavy atom. The molecule has 0 radical (unpaired) electrons. The Labute approximate surface area is 426 Å². The summed E-state index contributed by atoms with van der Waals surface area (Å²) in [5.41, 5.74) is 6.44. The van der Waals surface area contributed by atoms with Crippen LogP contribution in [0.4, 0.5) is 14.7 Å². The molecule has 1 aromatic rings. The number of methoxy groups -OCH3 is 2. The second kappa shape index (κ2) is 24.6. The number of nitrogens with one attached hydrogen (secondary N) is 2. The number of aliphatic hydroxyl groups excluding tert-OH is 1. The van der Waals surface area contributed by atoms with E-state index >= 15 is 0 Å². The fourth-order valence-corrected chi connectivity index (χ4v) is 11.1. The molecule has 24 nitrogen and oxygen atoms in total. The molecule has 0 bridgehead atoms. The van der Waals surface area contributed by atoms with Gasteiger partial charge in [0.2, 0.25) is 0 Å². The van der Waals surface area contributed by atoms with Crippen molar-refractivity contribution >= 4 is 46.5 Å². The molecule has 0 aliphatic carbocycles. The molecule has 4 aliphatic heterocycles. The molecule has 4 aliphatic rings. The molecule has 25 heteroatoms. The summed E-state index contributed by atoms with van der Waals surface area (Å²) in [6.45, 7) is 17.7. The SMILES string of the molecule is CC[C@H]1OC(=O)[C@H](C)[C@@H](O[C@H]2C[C@@](C)(OC)[C@@H](OC(=O)N/N=C(\NOCC(=O)OC)c3csc(N)n3)[C@H](C)O2)[C@H](C)[C@@H](O[C@@H]2O[C@H](C)C[C@H](N(C)C)[C@H]2O)[C@](C)(O)C[C@@H](C)CN(C)[C@H](C)[C@@H]2OC(=O)O[C@]12C. The Hall–Kier alpha value is -4.02. The number of amidine groups is 1. The van der Waals surface area contributed by atoms with Crippen molar-refractivity contribution in [2.75, 3.05) is 54.2 Å². The molecule has 1 amide bonds. The number of carbonyl (C=O) groups is 4. The number of fused-ring (bicyclic) bond motifs is 1. The second-order valence-electron chi connectivity index (χ2n) is 20.6. The molecule has 5 rings (SSSR count). The highest BCUT2D eigenvalue weighted by molar-refractivity contribution is 7.13. The van der Waals surface area contributed by atoms with Gasteiger partial charge in [-0.3, -0.25) is 14.5 Å². The van der Waals surface area contributed by atoms with Crippen LogP contribution in [0.1, 0.15) is 101 Å². The molecular formula is C47H79N7O17S. The maximum absolute atomic E-state index is 14.8. The number of nitrogens with zero attached hydrogens (tertiary/aromatic N) is 4. The molecule has 0 spiro atoms. The van der Waals surface area contributed by atoms with Gasteiger partial charge in [0.25, 0.3) is 0 Å². The summed E-state index contributed by atoms with van der Waals surface area (Å²) in [4.78, 5) is 66.0. The lowest BCUT2D eigenvalue weighted by Gasteiger charge is -2.49. The number of hydrogen-bond donors (Lipinski definition) is 5. The van der Waals surface area contributed by atoms with Gasteiger partial charge in [-0.25, -0.2) is 30.3 Å². The van der Waals surface area contributed by atoms with Crippen LogP contribution < -0.4 is 16.6 Å². The van der Waals surface area contributed by atoms with Gasteiger partial charge in [-0.1, -0.05) is 20.8 Å². The number of aliphatic hydroxyl groups is 2. The summed E-state index contributed by atoms with van der Waals surface area (Å²) in [5, 5.41) is 30.4. The predicted octanol–water partition coefficient (Wildman–Crippen LogP) is 2.91. The minimum atomic E-state index is -1.65. The first-order valence-corrected chi connectivity index (χ1v) is 25.3. The minimum absolute atomic E-state index is 0.0490. The number of amides is 1. The maximum Gasteiger partial charge on any atom is 0.509 e. The van der Waals surface area contributed by atoms with E-state index in [-0.39, 0.29) is 54.0 Å².